The van der Waals surface area contributed by atoms with Crippen LogP contribution in [0.4, 0.5) is 0 Å². The number of ketones is 1. The minimum Gasteiger partial charge on any atom is -0.470 e. The van der Waals surface area contributed by atoms with Crippen LogP contribution in [0, 0.1) is 26.2 Å². The first-order chi connectivity index (χ1) is 25.7. The van der Waals surface area contributed by atoms with E-state index in [1.54, 1.807) is 6.92 Å². The number of nitrogens with two attached hydrogens (primary N) is 2. The number of ether oxygens (including phenoxy) is 3. The molecular weight excluding hydrogens is 1420 g/mol. The number of rotatable bonds is 5. The number of carbonyl (C=O) groups is 1. The van der Waals surface area contributed by atoms with Gasteiger partial charge < -0.3 is 51.3 Å². The van der Waals surface area contributed by atoms with Crippen molar-refractivity contribution in [2.24, 2.45) is 11.7 Å². The zero-order chi connectivity index (χ0) is 41.4. The molecule has 0 spiro atoms. The van der Waals surface area contributed by atoms with Crippen molar-refractivity contribution in [2.75, 3.05) is 21.3 Å². The fourth-order valence-corrected chi connectivity index (χ4v) is 7.03. The van der Waals surface area contributed by atoms with E-state index in [0.717, 1.165) is 22.8 Å². The van der Waals surface area contributed by atoms with Crippen molar-refractivity contribution in [1.29, 1.82) is 0 Å². The van der Waals surface area contributed by atoms with Crippen LogP contribution >= 0.6 is 0 Å². The van der Waals surface area contributed by atoms with Crippen LogP contribution in [0.15, 0.2) is 57.1 Å². The molecule has 0 amide bonds. The Morgan fingerprint density at radius 3 is 1.38 bits per heavy atom. The van der Waals surface area contributed by atoms with Crippen molar-refractivity contribution in [3.63, 3.8) is 0 Å². The summed E-state index contributed by atoms with van der Waals surface area (Å²) in [6, 6.07) is 8.05. The van der Waals surface area contributed by atoms with Gasteiger partial charge in [-0.1, -0.05) is 37.4 Å². The number of nitrogens with zero attached hydrogens (tertiary/aromatic N) is 6. The maximum Gasteiger partial charge on any atom is 0.270 e. The van der Waals surface area contributed by atoms with Gasteiger partial charge in [-0.15, -0.1) is 5.10 Å². The average molecular weight is 1470 g/mol. The Morgan fingerprint density at radius 1 is 0.667 bits per heavy atom. The minimum atomic E-state index is -0.514. The Labute approximate surface area is 572 Å². The molecule has 0 atom stereocenters. The third-order valence-corrected chi connectivity index (χ3v) is 11.5. The first kappa shape index (κ1) is 75.8. The number of aromatic nitrogens is 6. The molecule has 7 heterocycles. The molecule has 63 heavy (non-hydrogen) atoms. The van der Waals surface area contributed by atoms with E-state index < -0.39 is 6.48 Å². The molecule has 322 valence electrons. The van der Waals surface area contributed by atoms with Crippen molar-refractivity contribution in [2.45, 2.75) is 105 Å². The molecular formula is C40H54N8O7Y8-2. The summed E-state index contributed by atoms with van der Waals surface area (Å²) < 4.78 is 27.5. The van der Waals surface area contributed by atoms with Gasteiger partial charge in [0.2, 0.25) is 0 Å². The zero-order valence-electron chi connectivity index (χ0n) is 38.9. The van der Waals surface area contributed by atoms with Gasteiger partial charge in [0.1, 0.15) is 10.9 Å². The van der Waals surface area contributed by atoms with Crippen LogP contribution in [0.2, 0.25) is 0 Å². The summed E-state index contributed by atoms with van der Waals surface area (Å²) >= 11 is 0. The number of Topliss-reactive ketones (excluding diaryl/α,β-unsaturated/α-hetero) is 1. The molecule has 2 aliphatic rings. The molecule has 0 fully saturated rings. The minimum absolute atomic E-state index is 0. The zero-order valence-corrected chi connectivity index (χ0v) is 61.6. The molecule has 5 aromatic rings. The molecule has 0 saturated heterocycles. The van der Waals surface area contributed by atoms with E-state index in [2.05, 4.69) is 124 Å². The molecule has 23 heteroatoms. The molecule has 4 N–H and O–H groups in total. The van der Waals surface area contributed by atoms with Crippen LogP contribution in [0.25, 0.3) is 34.2 Å². The molecule has 0 saturated carbocycles. The average Bonchev–Trinajstić information content (AvgIpc) is 3.95. The Morgan fingerprint density at radius 2 is 1.05 bits per heavy atom. The first-order valence-corrected chi connectivity index (χ1v) is 17.7. The van der Waals surface area contributed by atoms with E-state index in [0.29, 0.717) is 16.7 Å². The predicted molar refractivity (Wildman–Crippen MR) is 209 cm³/mol. The normalized spacial score (nSPS) is 14.0. The van der Waals surface area contributed by atoms with Gasteiger partial charge in [0.15, 0.2) is 12.3 Å². The van der Waals surface area contributed by atoms with Crippen LogP contribution in [0.1, 0.15) is 83.8 Å². The summed E-state index contributed by atoms with van der Waals surface area (Å²) in [5.74, 6) is 7.96. The van der Waals surface area contributed by atoms with E-state index in [-0.39, 0.29) is 312 Å². The van der Waals surface area contributed by atoms with Gasteiger partial charge in [-0.2, -0.15) is 5.10 Å². The smallest absolute Gasteiger partial charge is 0.270 e. The molecule has 0 aromatic carbocycles. The van der Waals surface area contributed by atoms with Gasteiger partial charge in [0.05, 0.1) is 16.9 Å². The third kappa shape index (κ3) is 14.8. The molecule has 2 aliphatic heterocycles. The van der Waals surface area contributed by atoms with E-state index in [4.69, 9.17) is 4.42 Å². The fraction of sp³-hybridized carbons (Fsp3) is 0.475. The van der Waals surface area contributed by atoms with Crippen molar-refractivity contribution in [1.82, 2.24) is 28.5 Å². The summed E-state index contributed by atoms with van der Waals surface area (Å²) in [4.78, 5) is 37.2. The SMILES string of the molecule is CC(=O)c1[c-]n2c(c(C)c1=O)-c1cccn1C(C)(C)C2(C)C.COC(OC)OC.Cc1c2n([c-]c(-c3nnco3)c1=O)C(C)(C)C(C)(C)n1cccc1-2.NN.[Y].[Y].[Y].[Y].[Y].[Y].[Y].[Y]. The van der Waals surface area contributed by atoms with Crippen LogP contribution in [-0.2, 0) is 298 Å². The van der Waals surface area contributed by atoms with Crippen LogP contribution in [0.5, 0.6) is 0 Å². The largest absolute Gasteiger partial charge is 0.470 e. The van der Waals surface area contributed by atoms with Gasteiger partial charge >= 0.3 is 0 Å². The van der Waals surface area contributed by atoms with E-state index in [1.807, 2.05) is 42.0 Å². The van der Waals surface area contributed by atoms with E-state index in [1.165, 1.54) is 34.6 Å². The number of hydrazine groups is 1. The van der Waals surface area contributed by atoms with Crippen LogP contribution < -0.4 is 22.5 Å². The maximum atomic E-state index is 12.9. The van der Waals surface area contributed by atoms with Gasteiger partial charge in [-0.3, -0.25) is 11.7 Å². The summed E-state index contributed by atoms with van der Waals surface area (Å²) in [6.07, 6.45) is 11.7. The Bertz CT molecular complexity index is 2300. The van der Waals surface area contributed by atoms with Crippen molar-refractivity contribution >= 4 is 5.78 Å². The number of pyridine rings is 2. The molecule has 0 unspecified atom stereocenters. The Hall–Kier alpha value is 3.90. The second-order valence-corrected chi connectivity index (χ2v) is 15.3. The van der Waals surface area contributed by atoms with Crippen molar-refractivity contribution in [3.8, 4) is 34.2 Å². The molecule has 0 aliphatic carbocycles. The summed E-state index contributed by atoms with van der Waals surface area (Å²) in [6.45, 7) is 21.8. The van der Waals surface area contributed by atoms with Gasteiger partial charge in [-0.05, 0) is 109 Å². The maximum absolute atomic E-state index is 12.9. The number of carbonyl (C=O) groups excluding carboxylic acids is 1. The number of hydrogen-bond donors (Lipinski definition) is 2. The van der Waals surface area contributed by atoms with Gasteiger partial charge in [0.25, 0.3) is 6.48 Å². The summed E-state index contributed by atoms with van der Waals surface area (Å²) in [7, 11) is 4.53. The first-order valence-electron chi connectivity index (χ1n) is 17.7. The Balaban J connectivity index is -0.000000271. The third-order valence-electron chi connectivity index (χ3n) is 11.5. The summed E-state index contributed by atoms with van der Waals surface area (Å²) in [5.41, 5.74) is 4.04. The van der Waals surface area contributed by atoms with Crippen LogP contribution in [-0.4, -0.2) is 62.1 Å². The monoisotopic (exact) mass is 1470 g/mol. The molecule has 8 radical (unpaired) electrons. The molecule has 5 aromatic heterocycles. The molecule has 15 nitrogen and oxygen atoms in total. The number of methoxy groups -OCH3 is 3. The Kier molecular flexibility index (Phi) is 37.9. The quantitative estimate of drug-likeness (QED) is 0.0786. The van der Waals surface area contributed by atoms with Crippen molar-refractivity contribution < 1.29 is 285 Å². The van der Waals surface area contributed by atoms with Gasteiger partial charge in [-0.25, -0.2) is 0 Å². The van der Waals surface area contributed by atoms with Crippen LogP contribution in [0.3, 0.4) is 0 Å². The topological polar surface area (TPSA) is 190 Å². The summed E-state index contributed by atoms with van der Waals surface area (Å²) in [5, 5.41) is 7.57. The second-order valence-electron chi connectivity index (χ2n) is 15.3. The standard InChI is InChI=1S/C18H19N4O2.C18H21N2O2.C4H10O3.H4N2.8Y/c1-11-14-13-7-6-8-21(13)17(2,3)18(4,5)22(14)9-12(15(11)23)16-20-19-10-24-16;1-11-15-14-8-7-9-19(14)17(3,4)18(5,6)20(15)10-13(12(2)21)16(11)22;1-5-4(6-2)7-3;1-2;;;;;;;;/h6-8,10H,1-5H3;7-9H,1-6H3;4H,1-3H3;1-2H2;;;;;;;;/q2*-1;;;;;;;;;;. The predicted octanol–water partition coefficient (Wildman–Crippen LogP) is 5.08. The molecule has 7 rings (SSSR count). The molecule has 0 bridgehead atoms. The fourth-order valence-electron chi connectivity index (χ4n) is 7.03. The number of hydrogen-bond acceptors (Lipinski definition) is 11. The van der Waals surface area contributed by atoms with E-state index >= 15 is 0 Å². The number of fused-ring (bicyclic) bond motifs is 6. The van der Waals surface area contributed by atoms with Crippen molar-refractivity contribution in [3.05, 3.63) is 92.6 Å². The second kappa shape index (κ2) is 31.5. The van der Waals surface area contributed by atoms with Gasteiger partial charge in [0, 0.05) is 318 Å². The van der Waals surface area contributed by atoms with E-state index in [9.17, 15) is 14.4 Å².